The number of phenolic OH excluding ortho intramolecular Hbond substituents is 1. The number of hydrogen-bond donors (Lipinski definition) is 2. The Balaban J connectivity index is 1.33. The number of phenols is 1. The number of para-hydroxylation sites is 1. The number of carbonyl (C=O) groups excluding carboxylic acids is 1. The van der Waals surface area contributed by atoms with Gasteiger partial charge in [0.05, 0.1) is 17.6 Å². The maximum absolute atomic E-state index is 13.4. The van der Waals surface area contributed by atoms with E-state index in [4.69, 9.17) is 9.57 Å². The molecule has 2 N–H and O–H groups in total. The molecule has 2 amide bonds. The Labute approximate surface area is 215 Å². The van der Waals surface area contributed by atoms with E-state index in [1.165, 1.54) is 5.06 Å². The van der Waals surface area contributed by atoms with Crippen LogP contribution in [0.15, 0.2) is 48.6 Å². The summed E-state index contributed by atoms with van der Waals surface area (Å²) in [6, 6.07) is 9.66. The third-order valence-electron chi connectivity index (χ3n) is 8.15. The molecule has 3 heterocycles. The average Bonchev–Trinajstić information content (AvgIpc) is 3.37. The van der Waals surface area contributed by atoms with Gasteiger partial charge in [-0.3, -0.25) is 14.5 Å². The van der Waals surface area contributed by atoms with Crippen molar-refractivity contribution in [1.29, 1.82) is 0 Å². The Kier molecular flexibility index (Phi) is 5.84. The van der Waals surface area contributed by atoms with Crippen molar-refractivity contribution in [2.24, 2.45) is 0 Å². The monoisotopic (exact) mass is 505 g/mol. The minimum atomic E-state index is -1.23. The summed E-state index contributed by atoms with van der Waals surface area (Å²) in [5, 5.41) is 21.6. The van der Waals surface area contributed by atoms with Gasteiger partial charge in [0.25, 0.3) is 5.91 Å². The normalized spacial score (nSPS) is 26.4. The summed E-state index contributed by atoms with van der Waals surface area (Å²) in [6.45, 7) is 1.79. The van der Waals surface area contributed by atoms with Gasteiger partial charge in [0, 0.05) is 12.1 Å². The van der Waals surface area contributed by atoms with Crippen LogP contribution in [0.3, 0.4) is 0 Å². The topological polar surface area (TPSA) is 103 Å². The fourth-order valence-corrected chi connectivity index (χ4v) is 6.31. The Morgan fingerprint density at radius 2 is 2.08 bits per heavy atom. The molecule has 1 saturated heterocycles. The van der Waals surface area contributed by atoms with Gasteiger partial charge in [-0.25, -0.2) is 9.86 Å². The van der Waals surface area contributed by atoms with Crippen molar-refractivity contribution in [3.8, 4) is 11.5 Å². The van der Waals surface area contributed by atoms with E-state index >= 15 is 0 Å². The molecule has 9 heteroatoms. The molecule has 1 aliphatic carbocycles. The number of benzene rings is 2. The highest BCUT2D eigenvalue weighted by Crippen LogP contribution is 2.56. The number of nitrogens with zero attached hydrogens (tertiary/aromatic N) is 3. The highest BCUT2D eigenvalue weighted by atomic mass is 16.7. The molecule has 0 bridgehead atoms. The van der Waals surface area contributed by atoms with E-state index in [-0.39, 0.29) is 30.4 Å². The van der Waals surface area contributed by atoms with Crippen LogP contribution in [0.25, 0.3) is 0 Å². The SMILES string of the molecule is CN1CC[C@@]23C=CCC[C@@H]2Oc2c(N(C(=O)O)[C@@H]4CON(CCc5ccccc5O)C4=O)ccc(c23)C1. The van der Waals surface area contributed by atoms with Crippen LogP contribution >= 0.6 is 0 Å². The lowest BCUT2D eigenvalue weighted by molar-refractivity contribution is -0.161. The number of ether oxygens (including phenoxy) is 1. The van der Waals surface area contributed by atoms with Crippen molar-refractivity contribution < 1.29 is 29.4 Å². The second-order valence-corrected chi connectivity index (χ2v) is 10.3. The van der Waals surface area contributed by atoms with Gasteiger partial charge in [-0.1, -0.05) is 36.4 Å². The molecule has 2 aromatic carbocycles. The Morgan fingerprint density at radius 3 is 2.89 bits per heavy atom. The molecule has 0 aromatic heterocycles. The molecule has 0 radical (unpaired) electrons. The lowest BCUT2D eigenvalue weighted by Crippen LogP contribution is -2.46. The molecular formula is C28H31N3O6. The van der Waals surface area contributed by atoms with E-state index in [1.807, 2.05) is 12.1 Å². The summed E-state index contributed by atoms with van der Waals surface area (Å²) < 4.78 is 6.55. The molecule has 1 fully saturated rings. The second kappa shape index (κ2) is 9.08. The fourth-order valence-electron chi connectivity index (χ4n) is 6.31. The molecule has 194 valence electrons. The van der Waals surface area contributed by atoms with E-state index in [1.54, 1.807) is 24.3 Å². The molecule has 2 aromatic rings. The van der Waals surface area contributed by atoms with Gasteiger partial charge >= 0.3 is 6.09 Å². The van der Waals surface area contributed by atoms with Gasteiger partial charge in [0.1, 0.15) is 30.3 Å². The van der Waals surface area contributed by atoms with Gasteiger partial charge in [0.15, 0.2) is 0 Å². The van der Waals surface area contributed by atoms with Gasteiger partial charge in [-0.2, -0.15) is 0 Å². The molecule has 1 spiro atoms. The molecule has 37 heavy (non-hydrogen) atoms. The molecular weight excluding hydrogens is 474 g/mol. The number of carboxylic acid groups (broad SMARTS) is 1. The lowest BCUT2D eigenvalue weighted by atomic mass is 9.69. The number of allylic oxidation sites excluding steroid dienone is 1. The van der Waals surface area contributed by atoms with Crippen molar-refractivity contribution in [3.05, 3.63) is 65.2 Å². The molecule has 3 aliphatic heterocycles. The number of rotatable bonds is 5. The van der Waals surface area contributed by atoms with Crippen molar-refractivity contribution in [3.63, 3.8) is 0 Å². The van der Waals surface area contributed by atoms with Crippen LogP contribution in [0.2, 0.25) is 0 Å². The zero-order chi connectivity index (χ0) is 25.7. The molecule has 3 atom stereocenters. The van der Waals surface area contributed by atoms with Crippen LogP contribution < -0.4 is 9.64 Å². The van der Waals surface area contributed by atoms with Crippen LogP contribution in [0.1, 0.15) is 36.0 Å². The number of aromatic hydroxyl groups is 1. The third kappa shape index (κ3) is 3.84. The summed E-state index contributed by atoms with van der Waals surface area (Å²) in [5.74, 6) is 0.301. The first-order valence-electron chi connectivity index (χ1n) is 12.8. The Morgan fingerprint density at radius 1 is 1.24 bits per heavy atom. The van der Waals surface area contributed by atoms with Gasteiger partial charge in [-0.05, 0) is 62.5 Å². The first-order valence-corrected chi connectivity index (χ1v) is 12.8. The lowest BCUT2D eigenvalue weighted by Gasteiger charge is -2.34. The minimum absolute atomic E-state index is 0.0554. The summed E-state index contributed by atoms with van der Waals surface area (Å²) in [6.07, 6.45) is 6.26. The number of hydrogen-bond acceptors (Lipinski definition) is 6. The number of amides is 2. The van der Waals surface area contributed by atoms with Crippen LogP contribution in [-0.2, 0) is 28.0 Å². The van der Waals surface area contributed by atoms with Gasteiger partial charge in [0.2, 0.25) is 0 Å². The van der Waals surface area contributed by atoms with E-state index in [0.717, 1.165) is 48.4 Å². The largest absolute Gasteiger partial charge is 0.508 e. The smallest absolute Gasteiger partial charge is 0.412 e. The first-order chi connectivity index (χ1) is 17.9. The fraction of sp³-hybridized carbons (Fsp3) is 0.429. The standard InChI is InChI=1S/C28H31N3O6/c1-29-15-13-28-12-5-4-8-23(28)37-25-20(10-9-19(16-29)24(25)28)31(27(34)35)21-17-36-30(26(21)33)14-11-18-6-2-3-7-22(18)32/h2-3,5-7,9-10,12,21,23,32H,4,8,11,13-17H2,1H3,(H,34,35)/t21-,23+,28+/m1/s1. The van der Waals surface area contributed by atoms with Crippen LogP contribution in [0.5, 0.6) is 11.5 Å². The average molecular weight is 506 g/mol. The summed E-state index contributed by atoms with van der Waals surface area (Å²) in [5.41, 5.74) is 2.99. The third-order valence-corrected chi connectivity index (χ3v) is 8.15. The van der Waals surface area contributed by atoms with Crippen molar-refractivity contribution in [1.82, 2.24) is 9.96 Å². The molecule has 6 rings (SSSR count). The highest BCUT2D eigenvalue weighted by Gasteiger charge is 2.52. The summed E-state index contributed by atoms with van der Waals surface area (Å²) >= 11 is 0. The van der Waals surface area contributed by atoms with Crippen LogP contribution in [0.4, 0.5) is 10.5 Å². The van der Waals surface area contributed by atoms with Crippen molar-refractivity contribution in [2.45, 2.75) is 49.8 Å². The minimum Gasteiger partial charge on any atom is -0.508 e. The maximum Gasteiger partial charge on any atom is 0.412 e. The van der Waals surface area contributed by atoms with E-state index < -0.39 is 18.0 Å². The molecule has 0 unspecified atom stereocenters. The number of hydroxylamine groups is 2. The molecule has 0 saturated carbocycles. The van der Waals surface area contributed by atoms with Gasteiger partial charge in [-0.15, -0.1) is 0 Å². The summed E-state index contributed by atoms with van der Waals surface area (Å²) in [7, 11) is 2.10. The van der Waals surface area contributed by atoms with E-state index in [2.05, 4.69) is 24.1 Å². The van der Waals surface area contributed by atoms with Crippen LogP contribution in [0, 0.1) is 0 Å². The van der Waals surface area contributed by atoms with E-state index in [9.17, 15) is 19.8 Å². The maximum atomic E-state index is 13.4. The molecule has 9 nitrogen and oxygen atoms in total. The Hall–Kier alpha value is -3.56. The molecule has 4 aliphatic rings. The quantitative estimate of drug-likeness (QED) is 0.600. The highest BCUT2D eigenvalue weighted by molar-refractivity contribution is 5.99. The van der Waals surface area contributed by atoms with E-state index in [0.29, 0.717) is 23.4 Å². The second-order valence-electron chi connectivity index (χ2n) is 10.3. The first kappa shape index (κ1) is 23.8. The summed E-state index contributed by atoms with van der Waals surface area (Å²) in [4.78, 5) is 35.0. The van der Waals surface area contributed by atoms with Gasteiger partial charge < -0.3 is 19.8 Å². The number of anilines is 1. The number of carbonyl (C=O) groups is 2. The van der Waals surface area contributed by atoms with Crippen molar-refractivity contribution >= 4 is 17.7 Å². The predicted molar refractivity (Wildman–Crippen MR) is 136 cm³/mol. The van der Waals surface area contributed by atoms with Crippen LogP contribution in [-0.4, -0.2) is 71.1 Å². The Bertz CT molecular complexity index is 1280. The predicted octanol–water partition coefficient (Wildman–Crippen LogP) is 3.45. The zero-order valence-corrected chi connectivity index (χ0v) is 20.8. The van der Waals surface area contributed by atoms with Crippen molar-refractivity contribution in [2.75, 3.05) is 31.6 Å². The zero-order valence-electron chi connectivity index (χ0n) is 20.8.